The van der Waals surface area contributed by atoms with Gasteiger partial charge in [0, 0.05) is 26.2 Å². The second-order valence-corrected chi connectivity index (χ2v) is 15.0. The SMILES string of the molecule is O=C(COc1ccc([C@H]2c3sc(=O)[nH]c3SC3C4CC(C5C(=O)N(c6ccc(Br)cc6)C(=O)C45)C32)cc1)Nc1ccc(F)cc1. The standard InChI is InChI=1S/C33H25BrFN3O5S2/c34-16-3-9-19(10-4-16)38-31(40)26-21-13-22(27(26)32(38)41)28-25(21)24(29-30(44-28)37-33(42)45-29)15-1-11-20(12-2-15)43-14-23(39)36-18-7-5-17(35)6-8-18/h1-12,21-22,24-28H,13-14H2,(H,36,39)(H,37,42)/t21?,22?,24-,25?,26?,27?,28?/m1/s1. The normalized spacial score (nSPS) is 27.7. The summed E-state index contributed by atoms with van der Waals surface area (Å²) < 4.78 is 19.8. The van der Waals surface area contributed by atoms with Crippen LogP contribution < -0.4 is 19.8 Å². The molecule has 0 spiro atoms. The van der Waals surface area contributed by atoms with Gasteiger partial charge in [-0.25, -0.2) is 4.39 Å². The van der Waals surface area contributed by atoms with Gasteiger partial charge in [-0.3, -0.25) is 24.1 Å². The Hall–Kier alpha value is -3.74. The molecule has 3 fully saturated rings. The van der Waals surface area contributed by atoms with Crippen LogP contribution in [0.1, 0.15) is 22.8 Å². The summed E-state index contributed by atoms with van der Waals surface area (Å²) in [6.07, 6.45) is 0.809. The third-order valence-electron chi connectivity index (χ3n) is 9.55. The number of benzene rings is 3. The lowest BCUT2D eigenvalue weighted by Gasteiger charge is -2.43. The third kappa shape index (κ3) is 4.76. The smallest absolute Gasteiger partial charge is 0.305 e. The molecule has 45 heavy (non-hydrogen) atoms. The molecule has 8 rings (SSSR count). The summed E-state index contributed by atoms with van der Waals surface area (Å²) in [4.78, 5) is 57.9. The first-order valence-electron chi connectivity index (χ1n) is 14.6. The van der Waals surface area contributed by atoms with Crippen molar-refractivity contribution in [1.82, 2.24) is 4.98 Å². The number of carbonyl (C=O) groups excluding carboxylic acids is 3. The van der Waals surface area contributed by atoms with Gasteiger partial charge in [-0.2, -0.15) is 0 Å². The number of fused-ring (bicyclic) bond motifs is 9. The zero-order valence-corrected chi connectivity index (χ0v) is 26.7. The predicted octanol–water partition coefficient (Wildman–Crippen LogP) is 6.03. The van der Waals surface area contributed by atoms with Gasteiger partial charge in [-0.15, -0.1) is 11.8 Å². The Labute approximate surface area is 273 Å². The minimum absolute atomic E-state index is 0.0100. The number of amides is 3. The van der Waals surface area contributed by atoms with E-state index >= 15 is 0 Å². The van der Waals surface area contributed by atoms with Gasteiger partial charge in [0.05, 0.1) is 22.5 Å². The molecule has 2 aliphatic carbocycles. The monoisotopic (exact) mass is 705 g/mol. The van der Waals surface area contributed by atoms with E-state index in [1.807, 2.05) is 36.4 Å². The highest BCUT2D eigenvalue weighted by atomic mass is 79.9. The van der Waals surface area contributed by atoms with E-state index in [-0.39, 0.29) is 75.8 Å². The van der Waals surface area contributed by atoms with Crippen LogP contribution in [0.4, 0.5) is 15.8 Å². The summed E-state index contributed by atoms with van der Waals surface area (Å²) in [5.41, 5.74) is 2.07. The lowest BCUT2D eigenvalue weighted by atomic mass is 9.68. The number of halogens is 2. The lowest BCUT2D eigenvalue weighted by Crippen LogP contribution is -2.42. The van der Waals surface area contributed by atoms with Crippen LogP contribution in [0.2, 0.25) is 0 Å². The van der Waals surface area contributed by atoms with Crippen molar-refractivity contribution >= 4 is 68.1 Å². The van der Waals surface area contributed by atoms with Crippen LogP contribution in [0.5, 0.6) is 5.75 Å². The number of rotatable bonds is 6. The number of hydrogen-bond acceptors (Lipinski definition) is 7. The Morgan fingerprint density at radius 3 is 2.36 bits per heavy atom. The molecule has 3 amide bonds. The number of hydrogen-bond donors (Lipinski definition) is 2. The van der Waals surface area contributed by atoms with E-state index in [9.17, 15) is 23.6 Å². The predicted molar refractivity (Wildman–Crippen MR) is 172 cm³/mol. The van der Waals surface area contributed by atoms with Gasteiger partial charge >= 0.3 is 4.87 Å². The van der Waals surface area contributed by atoms with E-state index in [4.69, 9.17) is 4.74 Å². The summed E-state index contributed by atoms with van der Waals surface area (Å²) in [5, 5.41) is 3.61. The fourth-order valence-corrected chi connectivity index (χ4v) is 11.0. The van der Waals surface area contributed by atoms with Gasteiger partial charge in [0.2, 0.25) is 11.8 Å². The van der Waals surface area contributed by atoms with E-state index in [1.165, 1.54) is 40.5 Å². The molecule has 8 nitrogen and oxygen atoms in total. The van der Waals surface area contributed by atoms with Crippen LogP contribution in [0.3, 0.4) is 0 Å². The first kappa shape index (κ1) is 28.7. The molecule has 7 atom stereocenters. The number of anilines is 2. The van der Waals surface area contributed by atoms with Crippen molar-refractivity contribution in [1.29, 1.82) is 0 Å². The fraction of sp³-hybridized carbons (Fsp3) is 0.273. The molecule has 2 aliphatic heterocycles. The summed E-state index contributed by atoms with van der Waals surface area (Å²) in [7, 11) is 0. The van der Waals surface area contributed by atoms with Crippen molar-refractivity contribution < 1.29 is 23.5 Å². The summed E-state index contributed by atoms with van der Waals surface area (Å²) in [5.74, 6) is -1.23. The molecule has 1 saturated heterocycles. The summed E-state index contributed by atoms with van der Waals surface area (Å²) >= 11 is 6.29. The first-order valence-corrected chi connectivity index (χ1v) is 17.1. The molecule has 1 aromatic heterocycles. The highest BCUT2D eigenvalue weighted by Crippen LogP contribution is 2.68. The molecule has 2 N–H and O–H groups in total. The largest absolute Gasteiger partial charge is 0.484 e. The minimum Gasteiger partial charge on any atom is -0.484 e. The molecule has 228 valence electrons. The van der Waals surface area contributed by atoms with Crippen LogP contribution in [0.25, 0.3) is 0 Å². The average molecular weight is 707 g/mol. The quantitative estimate of drug-likeness (QED) is 0.237. The summed E-state index contributed by atoms with van der Waals surface area (Å²) in [6, 6.07) is 20.3. The molecule has 0 radical (unpaired) electrons. The second kappa shape index (κ2) is 11.0. The van der Waals surface area contributed by atoms with Crippen molar-refractivity contribution in [3.8, 4) is 5.75 Å². The highest BCUT2D eigenvalue weighted by Gasteiger charge is 2.69. The van der Waals surface area contributed by atoms with Gasteiger partial charge in [0.15, 0.2) is 6.61 Å². The van der Waals surface area contributed by atoms with Gasteiger partial charge in [-0.05, 0) is 90.4 Å². The molecule has 3 aromatic carbocycles. The zero-order chi connectivity index (χ0) is 31.0. The van der Waals surface area contributed by atoms with E-state index in [1.54, 1.807) is 23.9 Å². The molecule has 4 aliphatic rings. The number of ether oxygens (including phenoxy) is 1. The number of aromatic nitrogens is 1. The number of thiazole rings is 1. The Bertz CT molecular complexity index is 1900. The van der Waals surface area contributed by atoms with Crippen LogP contribution >= 0.6 is 39.0 Å². The molecule has 3 heterocycles. The van der Waals surface area contributed by atoms with Gasteiger partial charge in [0.1, 0.15) is 11.6 Å². The van der Waals surface area contributed by atoms with Crippen molar-refractivity contribution in [2.45, 2.75) is 22.6 Å². The number of thioether (sulfide) groups is 1. The summed E-state index contributed by atoms with van der Waals surface area (Å²) in [6.45, 7) is -0.219. The number of aromatic amines is 1. The van der Waals surface area contributed by atoms with Gasteiger partial charge in [0.25, 0.3) is 5.91 Å². The van der Waals surface area contributed by atoms with Gasteiger partial charge in [-0.1, -0.05) is 39.4 Å². The van der Waals surface area contributed by atoms with E-state index in [0.717, 1.165) is 26.4 Å². The second-order valence-electron chi connectivity index (χ2n) is 11.9. The molecule has 12 heteroatoms. The van der Waals surface area contributed by atoms with Crippen LogP contribution in [-0.4, -0.2) is 34.6 Å². The fourth-order valence-electron chi connectivity index (χ4n) is 7.89. The molecular weight excluding hydrogens is 681 g/mol. The molecule has 2 bridgehead atoms. The number of nitrogens with zero attached hydrogens (tertiary/aromatic N) is 1. The van der Waals surface area contributed by atoms with Crippen molar-refractivity contribution in [3.63, 3.8) is 0 Å². The first-order chi connectivity index (χ1) is 21.8. The Morgan fingerprint density at radius 1 is 0.956 bits per heavy atom. The van der Waals surface area contributed by atoms with Crippen LogP contribution in [0, 0.1) is 35.4 Å². The molecule has 4 aromatic rings. The Balaban J connectivity index is 1.05. The maximum absolute atomic E-state index is 13.9. The number of imide groups is 1. The molecular formula is C33H25BrFN3O5S2. The number of carbonyl (C=O) groups is 3. The minimum atomic E-state index is -0.387. The highest BCUT2D eigenvalue weighted by molar-refractivity contribution is 9.10. The van der Waals surface area contributed by atoms with Gasteiger partial charge < -0.3 is 15.0 Å². The van der Waals surface area contributed by atoms with E-state index < -0.39 is 0 Å². The average Bonchev–Trinajstić information content (AvgIpc) is 3.77. The number of H-pyrrole nitrogens is 1. The molecule has 6 unspecified atom stereocenters. The van der Waals surface area contributed by atoms with Crippen LogP contribution in [0.15, 0.2) is 87.1 Å². The van der Waals surface area contributed by atoms with E-state index in [0.29, 0.717) is 17.1 Å². The maximum Gasteiger partial charge on any atom is 0.305 e. The van der Waals surface area contributed by atoms with E-state index in [2.05, 4.69) is 26.2 Å². The maximum atomic E-state index is 13.9. The number of nitrogens with one attached hydrogen (secondary N) is 2. The van der Waals surface area contributed by atoms with Crippen LogP contribution in [-0.2, 0) is 14.4 Å². The van der Waals surface area contributed by atoms with Crippen molar-refractivity contribution in [3.05, 3.63) is 103 Å². The Kier molecular flexibility index (Phi) is 6.99. The van der Waals surface area contributed by atoms with Crippen molar-refractivity contribution in [2.24, 2.45) is 29.6 Å². The third-order valence-corrected chi connectivity index (χ3v) is 12.7. The Morgan fingerprint density at radius 2 is 1.64 bits per heavy atom. The zero-order valence-electron chi connectivity index (χ0n) is 23.4. The molecule has 2 saturated carbocycles. The topological polar surface area (TPSA) is 109 Å². The van der Waals surface area contributed by atoms with Crippen molar-refractivity contribution in [2.75, 3.05) is 16.8 Å². The lowest BCUT2D eigenvalue weighted by molar-refractivity contribution is -0.123.